The van der Waals surface area contributed by atoms with Gasteiger partial charge in [0, 0.05) is 11.3 Å². The monoisotopic (exact) mass is 303 g/mol. The van der Waals surface area contributed by atoms with Crippen LogP contribution in [0, 0.1) is 0 Å². The van der Waals surface area contributed by atoms with Gasteiger partial charge in [-0.2, -0.15) is 0 Å². The number of aliphatic hydroxyl groups excluding tert-OH is 1. The van der Waals surface area contributed by atoms with Gasteiger partial charge in [0.15, 0.2) is 0 Å². The molecule has 0 fully saturated rings. The molecule has 1 aromatic heterocycles. The Bertz CT molecular complexity index is 553. The van der Waals surface area contributed by atoms with Gasteiger partial charge in [0.1, 0.15) is 0 Å². The van der Waals surface area contributed by atoms with Crippen LogP contribution in [0.3, 0.4) is 0 Å². The second-order valence-corrected chi connectivity index (χ2v) is 6.37. The van der Waals surface area contributed by atoms with Gasteiger partial charge in [0.05, 0.1) is 12.1 Å². The zero-order valence-electron chi connectivity index (χ0n) is 12.2. The molecule has 112 valence electrons. The molecule has 0 radical (unpaired) electrons. The highest BCUT2D eigenvalue weighted by Crippen LogP contribution is 2.20. The topological polar surface area (TPSA) is 49.3 Å². The van der Waals surface area contributed by atoms with Crippen molar-refractivity contribution >= 4 is 17.2 Å². The summed E-state index contributed by atoms with van der Waals surface area (Å²) >= 11 is 1.72. The van der Waals surface area contributed by atoms with Gasteiger partial charge in [-0.25, -0.2) is 0 Å². The minimum absolute atomic E-state index is 0.0213. The highest BCUT2D eigenvalue weighted by molar-refractivity contribution is 7.09. The number of nitrogens with one attached hydrogen (secondary N) is 1. The molecular formula is C17H21NO2S. The number of carbonyl (C=O) groups is 1. The first kappa shape index (κ1) is 15.7. The Morgan fingerprint density at radius 3 is 2.62 bits per heavy atom. The third-order valence-electron chi connectivity index (χ3n) is 3.55. The Morgan fingerprint density at radius 2 is 2.00 bits per heavy atom. The third-order valence-corrected chi connectivity index (χ3v) is 4.49. The molecule has 0 aliphatic rings. The average molecular weight is 303 g/mol. The summed E-state index contributed by atoms with van der Waals surface area (Å²) < 4.78 is 0. The molecule has 1 aromatic carbocycles. The number of benzene rings is 1. The zero-order chi connectivity index (χ0) is 15.1. The number of thiophene rings is 1. The van der Waals surface area contributed by atoms with E-state index in [1.165, 1.54) is 4.88 Å². The first-order chi connectivity index (χ1) is 10.1. The Morgan fingerprint density at radius 1 is 1.24 bits per heavy atom. The summed E-state index contributed by atoms with van der Waals surface area (Å²) in [4.78, 5) is 13.4. The predicted molar refractivity (Wildman–Crippen MR) is 86.3 cm³/mol. The maximum absolute atomic E-state index is 12.1. The van der Waals surface area contributed by atoms with Crippen LogP contribution in [0.25, 0.3) is 0 Å². The van der Waals surface area contributed by atoms with E-state index in [0.717, 1.165) is 18.4 Å². The van der Waals surface area contributed by atoms with Gasteiger partial charge in [-0.15, -0.1) is 11.3 Å². The van der Waals surface area contributed by atoms with E-state index < -0.39 is 5.54 Å². The SMILES string of the molecule is CC(CO)(NC(=O)CCCc1cccs1)c1ccccc1. The van der Waals surface area contributed by atoms with Crippen molar-refractivity contribution in [1.82, 2.24) is 5.32 Å². The molecule has 0 aliphatic heterocycles. The molecule has 1 amide bonds. The fourth-order valence-corrected chi connectivity index (χ4v) is 3.01. The molecule has 0 spiro atoms. The van der Waals surface area contributed by atoms with E-state index >= 15 is 0 Å². The van der Waals surface area contributed by atoms with Crippen LogP contribution >= 0.6 is 11.3 Å². The first-order valence-electron chi connectivity index (χ1n) is 7.14. The van der Waals surface area contributed by atoms with Crippen LogP contribution < -0.4 is 5.32 Å². The van der Waals surface area contributed by atoms with Crippen molar-refractivity contribution in [2.75, 3.05) is 6.61 Å². The average Bonchev–Trinajstić information content (AvgIpc) is 3.01. The van der Waals surface area contributed by atoms with Gasteiger partial charge in [-0.1, -0.05) is 36.4 Å². The summed E-state index contributed by atoms with van der Waals surface area (Å²) in [6.45, 7) is 1.73. The number of hydrogen-bond acceptors (Lipinski definition) is 3. The highest BCUT2D eigenvalue weighted by atomic mass is 32.1. The van der Waals surface area contributed by atoms with Crippen LogP contribution in [0.2, 0.25) is 0 Å². The lowest BCUT2D eigenvalue weighted by Gasteiger charge is -2.29. The van der Waals surface area contributed by atoms with E-state index in [4.69, 9.17) is 0 Å². The second kappa shape index (κ2) is 7.38. The lowest BCUT2D eigenvalue weighted by molar-refractivity contribution is -0.123. The van der Waals surface area contributed by atoms with Crippen molar-refractivity contribution in [3.63, 3.8) is 0 Å². The van der Waals surface area contributed by atoms with E-state index in [1.807, 2.05) is 48.7 Å². The molecule has 0 saturated carbocycles. The smallest absolute Gasteiger partial charge is 0.220 e. The Balaban J connectivity index is 1.87. The lowest BCUT2D eigenvalue weighted by Crippen LogP contribution is -2.46. The van der Waals surface area contributed by atoms with Crippen LogP contribution in [-0.2, 0) is 16.8 Å². The molecule has 0 bridgehead atoms. The highest BCUT2D eigenvalue weighted by Gasteiger charge is 2.27. The summed E-state index contributed by atoms with van der Waals surface area (Å²) in [7, 11) is 0. The molecule has 0 saturated heterocycles. The number of aliphatic hydroxyl groups is 1. The fraction of sp³-hybridized carbons (Fsp3) is 0.353. The number of aryl methyl sites for hydroxylation is 1. The molecule has 4 heteroatoms. The maximum atomic E-state index is 12.1. The Kier molecular flexibility index (Phi) is 5.53. The summed E-state index contributed by atoms with van der Waals surface area (Å²) in [5.41, 5.74) is 0.195. The number of hydrogen-bond donors (Lipinski definition) is 2. The number of rotatable bonds is 7. The van der Waals surface area contributed by atoms with Crippen molar-refractivity contribution in [2.45, 2.75) is 31.7 Å². The Labute approximate surface area is 129 Å². The van der Waals surface area contributed by atoms with E-state index in [1.54, 1.807) is 11.3 Å². The summed E-state index contributed by atoms with van der Waals surface area (Å²) in [6, 6.07) is 13.7. The van der Waals surface area contributed by atoms with Gasteiger partial charge in [-0.05, 0) is 36.8 Å². The zero-order valence-corrected chi connectivity index (χ0v) is 13.0. The lowest BCUT2D eigenvalue weighted by atomic mass is 9.92. The molecule has 1 atom stereocenters. The van der Waals surface area contributed by atoms with Crippen LogP contribution in [0.1, 0.15) is 30.2 Å². The molecule has 21 heavy (non-hydrogen) atoms. The standard InChI is InChI=1S/C17H21NO2S/c1-17(13-19,14-7-3-2-4-8-14)18-16(20)11-5-9-15-10-6-12-21-15/h2-4,6-8,10,12,19H,5,9,11,13H2,1H3,(H,18,20). The normalized spacial score (nSPS) is 13.6. The van der Waals surface area contributed by atoms with Crippen molar-refractivity contribution < 1.29 is 9.90 Å². The van der Waals surface area contributed by atoms with Crippen LogP contribution in [0.15, 0.2) is 47.8 Å². The van der Waals surface area contributed by atoms with Gasteiger partial charge in [-0.3, -0.25) is 4.79 Å². The molecule has 2 rings (SSSR count). The minimum atomic E-state index is -0.721. The van der Waals surface area contributed by atoms with E-state index in [-0.39, 0.29) is 12.5 Å². The van der Waals surface area contributed by atoms with Crippen molar-refractivity contribution in [2.24, 2.45) is 0 Å². The predicted octanol–water partition coefficient (Wildman–Crippen LogP) is 3.09. The first-order valence-corrected chi connectivity index (χ1v) is 8.02. The van der Waals surface area contributed by atoms with Gasteiger partial charge < -0.3 is 10.4 Å². The number of carbonyl (C=O) groups excluding carboxylic acids is 1. The summed E-state index contributed by atoms with van der Waals surface area (Å²) in [5, 5.41) is 14.7. The fourth-order valence-electron chi connectivity index (χ4n) is 2.26. The third kappa shape index (κ3) is 4.41. The van der Waals surface area contributed by atoms with Crippen molar-refractivity contribution in [3.8, 4) is 0 Å². The van der Waals surface area contributed by atoms with Crippen LogP contribution in [0.4, 0.5) is 0 Å². The Hall–Kier alpha value is -1.65. The van der Waals surface area contributed by atoms with Crippen molar-refractivity contribution in [1.29, 1.82) is 0 Å². The van der Waals surface area contributed by atoms with Gasteiger partial charge >= 0.3 is 0 Å². The number of amides is 1. The van der Waals surface area contributed by atoms with Crippen LogP contribution in [-0.4, -0.2) is 17.6 Å². The quantitative estimate of drug-likeness (QED) is 0.826. The summed E-state index contributed by atoms with van der Waals surface area (Å²) in [6.07, 6.45) is 2.22. The molecule has 1 heterocycles. The largest absolute Gasteiger partial charge is 0.394 e. The molecule has 2 aromatic rings. The molecule has 0 aliphatic carbocycles. The minimum Gasteiger partial charge on any atom is -0.394 e. The maximum Gasteiger partial charge on any atom is 0.220 e. The van der Waals surface area contributed by atoms with E-state index in [2.05, 4.69) is 11.4 Å². The van der Waals surface area contributed by atoms with Gasteiger partial charge in [0.25, 0.3) is 0 Å². The molecule has 1 unspecified atom stereocenters. The molecule has 3 nitrogen and oxygen atoms in total. The molecule has 2 N–H and O–H groups in total. The van der Waals surface area contributed by atoms with E-state index in [0.29, 0.717) is 6.42 Å². The van der Waals surface area contributed by atoms with Crippen LogP contribution in [0.5, 0.6) is 0 Å². The van der Waals surface area contributed by atoms with E-state index in [9.17, 15) is 9.90 Å². The second-order valence-electron chi connectivity index (χ2n) is 5.34. The molecular weight excluding hydrogens is 282 g/mol. The van der Waals surface area contributed by atoms with Crippen molar-refractivity contribution in [3.05, 3.63) is 58.3 Å². The summed E-state index contributed by atoms with van der Waals surface area (Å²) in [5.74, 6) is -0.0213. The van der Waals surface area contributed by atoms with Gasteiger partial charge in [0.2, 0.25) is 5.91 Å².